The minimum atomic E-state index is -0.424. The molecule has 1 aliphatic rings. The SMILES string of the molecule is C=CC(=O)OCCCN(c1ccc(CCOCC(=O)C(=C)C)cc1)c1ccc(CCC(O)C2CCO2)cc1. The van der Waals surface area contributed by atoms with E-state index in [4.69, 9.17) is 14.2 Å². The normalized spacial score (nSPS) is 15.3. The molecular weight excluding hydrogens is 482 g/mol. The topological polar surface area (TPSA) is 85.3 Å². The van der Waals surface area contributed by atoms with Crippen molar-refractivity contribution < 1.29 is 28.9 Å². The van der Waals surface area contributed by atoms with Crippen LogP contribution in [-0.2, 0) is 36.6 Å². The van der Waals surface area contributed by atoms with Crippen molar-refractivity contribution in [1.29, 1.82) is 0 Å². The molecule has 0 bridgehead atoms. The van der Waals surface area contributed by atoms with Gasteiger partial charge in [-0.1, -0.05) is 37.4 Å². The quantitative estimate of drug-likeness (QED) is 0.183. The molecule has 2 aromatic carbocycles. The van der Waals surface area contributed by atoms with Crippen molar-refractivity contribution in [3.8, 4) is 0 Å². The zero-order valence-corrected chi connectivity index (χ0v) is 22.3. The van der Waals surface area contributed by atoms with Crippen molar-refractivity contribution in [2.75, 3.05) is 37.9 Å². The number of nitrogens with zero attached hydrogens (tertiary/aromatic N) is 1. The summed E-state index contributed by atoms with van der Waals surface area (Å²) >= 11 is 0. The maximum Gasteiger partial charge on any atom is 0.330 e. The lowest BCUT2D eigenvalue weighted by Crippen LogP contribution is -2.38. The first kappa shape index (κ1) is 29.3. The highest BCUT2D eigenvalue weighted by molar-refractivity contribution is 5.95. The molecule has 1 saturated heterocycles. The second kappa shape index (κ2) is 15.2. The number of anilines is 2. The van der Waals surface area contributed by atoms with Crippen molar-refractivity contribution in [3.05, 3.63) is 84.5 Å². The van der Waals surface area contributed by atoms with Gasteiger partial charge in [0.05, 0.1) is 25.4 Å². The largest absolute Gasteiger partial charge is 0.462 e. The molecule has 0 saturated carbocycles. The minimum Gasteiger partial charge on any atom is -0.462 e. The number of Topliss-reactive ketones (excluding diaryl/α,β-unsaturated/α-hetero) is 1. The van der Waals surface area contributed by atoms with E-state index in [1.807, 2.05) is 0 Å². The Morgan fingerprint density at radius 2 is 1.68 bits per heavy atom. The molecule has 0 spiro atoms. The van der Waals surface area contributed by atoms with Gasteiger partial charge in [0.15, 0.2) is 5.78 Å². The minimum absolute atomic E-state index is 0.0201. The second-order valence-electron chi connectivity index (χ2n) is 9.52. The molecule has 2 unspecified atom stereocenters. The van der Waals surface area contributed by atoms with Crippen LogP contribution in [0.4, 0.5) is 11.4 Å². The van der Waals surface area contributed by atoms with Crippen LogP contribution < -0.4 is 4.90 Å². The van der Waals surface area contributed by atoms with E-state index in [0.29, 0.717) is 44.6 Å². The van der Waals surface area contributed by atoms with Crippen molar-refractivity contribution >= 4 is 23.1 Å². The Hall–Kier alpha value is -3.26. The number of hydrogen-bond acceptors (Lipinski definition) is 7. The van der Waals surface area contributed by atoms with Gasteiger partial charge < -0.3 is 24.2 Å². The first-order valence-corrected chi connectivity index (χ1v) is 13.2. The molecule has 38 heavy (non-hydrogen) atoms. The Kier molecular flexibility index (Phi) is 11.7. The van der Waals surface area contributed by atoms with Gasteiger partial charge in [-0.2, -0.15) is 0 Å². The molecule has 1 fully saturated rings. The number of carbonyl (C=O) groups is 2. The van der Waals surface area contributed by atoms with Gasteiger partial charge in [0.25, 0.3) is 0 Å². The van der Waals surface area contributed by atoms with Gasteiger partial charge in [-0.15, -0.1) is 0 Å². The highest BCUT2D eigenvalue weighted by atomic mass is 16.5. The molecule has 204 valence electrons. The summed E-state index contributed by atoms with van der Waals surface area (Å²) in [6.45, 7) is 11.0. The fraction of sp³-hybridized carbons (Fsp3) is 0.419. The van der Waals surface area contributed by atoms with Crippen LogP contribution in [-0.4, -0.2) is 62.0 Å². The van der Waals surface area contributed by atoms with Gasteiger partial charge >= 0.3 is 5.97 Å². The van der Waals surface area contributed by atoms with E-state index in [1.54, 1.807) is 6.92 Å². The summed E-state index contributed by atoms with van der Waals surface area (Å²) < 4.78 is 16.0. The monoisotopic (exact) mass is 521 g/mol. The summed E-state index contributed by atoms with van der Waals surface area (Å²) in [5.74, 6) is -0.503. The van der Waals surface area contributed by atoms with Crippen LogP contribution in [0.5, 0.6) is 0 Å². The summed E-state index contributed by atoms with van der Waals surface area (Å²) in [6.07, 6.45) is 4.47. The first-order valence-electron chi connectivity index (χ1n) is 13.2. The van der Waals surface area contributed by atoms with Crippen molar-refractivity contribution in [3.63, 3.8) is 0 Å². The van der Waals surface area contributed by atoms with Crippen LogP contribution in [0.15, 0.2) is 73.3 Å². The smallest absolute Gasteiger partial charge is 0.330 e. The Bertz CT molecular complexity index is 1060. The Balaban J connectivity index is 1.61. The molecule has 3 rings (SSSR count). The third-order valence-corrected chi connectivity index (χ3v) is 6.57. The predicted octanol–water partition coefficient (Wildman–Crippen LogP) is 4.73. The van der Waals surface area contributed by atoms with Crippen molar-refractivity contribution in [2.45, 2.75) is 51.2 Å². The van der Waals surface area contributed by atoms with Crippen LogP contribution in [0.25, 0.3) is 0 Å². The number of carbonyl (C=O) groups excluding carboxylic acids is 2. The average molecular weight is 522 g/mol. The third kappa shape index (κ3) is 9.24. The van der Waals surface area contributed by atoms with Gasteiger partial charge in [0, 0.05) is 30.6 Å². The van der Waals surface area contributed by atoms with Crippen LogP contribution in [0.3, 0.4) is 0 Å². The second-order valence-corrected chi connectivity index (χ2v) is 9.52. The summed E-state index contributed by atoms with van der Waals surface area (Å²) in [6, 6.07) is 16.6. The molecule has 0 aromatic heterocycles. The molecule has 0 amide bonds. The predicted molar refractivity (Wildman–Crippen MR) is 149 cm³/mol. The fourth-order valence-electron chi connectivity index (χ4n) is 4.08. The zero-order valence-electron chi connectivity index (χ0n) is 22.3. The van der Waals surface area contributed by atoms with Crippen molar-refractivity contribution in [1.82, 2.24) is 0 Å². The molecule has 0 radical (unpaired) electrons. The van der Waals surface area contributed by atoms with E-state index in [9.17, 15) is 14.7 Å². The molecule has 2 aromatic rings. The number of hydrogen-bond donors (Lipinski definition) is 1. The lowest BCUT2D eigenvalue weighted by Gasteiger charge is -2.30. The number of ketones is 1. The van der Waals surface area contributed by atoms with Crippen LogP contribution in [0, 0.1) is 0 Å². The van der Waals surface area contributed by atoms with Gasteiger partial charge in [-0.25, -0.2) is 4.79 Å². The highest BCUT2D eigenvalue weighted by Crippen LogP contribution is 2.27. The number of rotatable bonds is 17. The Morgan fingerprint density at radius 1 is 1.08 bits per heavy atom. The number of benzene rings is 2. The number of esters is 1. The third-order valence-electron chi connectivity index (χ3n) is 6.57. The fourth-order valence-corrected chi connectivity index (χ4v) is 4.08. The molecule has 0 aliphatic carbocycles. The van der Waals surface area contributed by atoms with E-state index in [0.717, 1.165) is 42.0 Å². The highest BCUT2D eigenvalue weighted by Gasteiger charge is 2.26. The molecule has 1 heterocycles. The summed E-state index contributed by atoms with van der Waals surface area (Å²) in [4.78, 5) is 25.2. The molecular formula is C31H39NO6. The molecule has 2 atom stereocenters. The lowest BCUT2D eigenvalue weighted by molar-refractivity contribution is -0.137. The van der Waals surface area contributed by atoms with E-state index in [1.165, 1.54) is 6.08 Å². The van der Waals surface area contributed by atoms with E-state index in [2.05, 4.69) is 66.6 Å². The Labute approximate surface area is 225 Å². The van der Waals surface area contributed by atoms with E-state index in [-0.39, 0.29) is 18.5 Å². The van der Waals surface area contributed by atoms with E-state index < -0.39 is 12.1 Å². The summed E-state index contributed by atoms with van der Waals surface area (Å²) in [5, 5.41) is 10.2. The van der Waals surface area contributed by atoms with E-state index >= 15 is 0 Å². The van der Waals surface area contributed by atoms with Gasteiger partial charge in [0.2, 0.25) is 0 Å². The maximum absolute atomic E-state index is 11.6. The number of ether oxygens (including phenoxy) is 3. The molecule has 7 heteroatoms. The maximum atomic E-state index is 11.6. The molecule has 1 aliphatic heterocycles. The van der Waals surface area contributed by atoms with Gasteiger partial charge in [0.1, 0.15) is 6.61 Å². The van der Waals surface area contributed by atoms with Crippen LogP contribution >= 0.6 is 0 Å². The number of aliphatic hydroxyl groups is 1. The summed E-state index contributed by atoms with van der Waals surface area (Å²) in [7, 11) is 0. The van der Waals surface area contributed by atoms with Gasteiger partial charge in [-0.3, -0.25) is 4.79 Å². The first-order chi connectivity index (χ1) is 18.4. The standard InChI is InChI=1S/C31H39NO6/c1-4-31(35)38-19-5-18-32(26-11-6-24(7-12-26)10-15-28(33)30-17-21-37-30)27-13-8-25(9-14-27)16-20-36-22-29(34)23(2)3/h4,6-9,11-14,28,30,33H,1-2,5,10,15-22H2,3H3. The Morgan fingerprint density at radius 3 is 2.21 bits per heavy atom. The lowest BCUT2D eigenvalue weighted by atomic mass is 9.99. The summed E-state index contributed by atoms with van der Waals surface area (Å²) in [5.41, 5.74) is 4.82. The molecule has 7 nitrogen and oxygen atoms in total. The number of aliphatic hydroxyl groups excluding tert-OH is 1. The average Bonchev–Trinajstić information content (AvgIpc) is 2.89. The van der Waals surface area contributed by atoms with Crippen LogP contribution in [0.1, 0.15) is 37.3 Å². The van der Waals surface area contributed by atoms with Crippen molar-refractivity contribution in [2.24, 2.45) is 0 Å². The zero-order chi connectivity index (χ0) is 27.3. The van der Waals surface area contributed by atoms with Crippen LogP contribution in [0.2, 0.25) is 0 Å². The number of aryl methyl sites for hydroxylation is 1. The van der Waals surface area contributed by atoms with Gasteiger partial charge in [-0.05, 0) is 80.0 Å². The molecule has 1 N–H and O–H groups in total.